The average molecular weight is 239 g/mol. The second kappa shape index (κ2) is 6.19. The van der Waals surface area contributed by atoms with Gasteiger partial charge in [-0.15, -0.1) is 0 Å². The Bertz CT molecular complexity index is 217. The van der Waals surface area contributed by atoms with E-state index >= 15 is 0 Å². The van der Waals surface area contributed by atoms with Crippen molar-refractivity contribution in [1.82, 2.24) is 4.90 Å². The second-order valence-electron chi connectivity index (χ2n) is 6.57. The molecule has 0 saturated heterocycles. The highest BCUT2D eigenvalue weighted by Crippen LogP contribution is 2.38. The first-order valence-corrected chi connectivity index (χ1v) is 7.53. The Morgan fingerprint density at radius 2 is 1.71 bits per heavy atom. The van der Waals surface area contributed by atoms with E-state index in [1.165, 1.54) is 64.3 Å². The molecule has 2 saturated carbocycles. The van der Waals surface area contributed by atoms with Crippen molar-refractivity contribution in [3.05, 3.63) is 0 Å². The fraction of sp³-hybridized carbons (Fsp3) is 1.00. The molecule has 1 N–H and O–H groups in total. The topological polar surface area (TPSA) is 23.5 Å². The van der Waals surface area contributed by atoms with E-state index in [0.29, 0.717) is 6.61 Å². The highest BCUT2D eigenvalue weighted by Gasteiger charge is 2.34. The largest absolute Gasteiger partial charge is 0.396 e. The molecule has 0 unspecified atom stereocenters. The fourth-order valence-electron chi connectivity index (χ4n) is 3.94. The van der Waals surface area contributed by atoms with Crippen molar-refractivity contribution >= 4 is 0 Å². The number of rotatable bonds is 5. The van der Waals surface area contributed by atoms with E-state index in [1.807, 2.05) is 0 Å². The third-order valence-electron chi connectivity index (χ3n) is 4.90. The summed E-state index contributed by atoms with van der Waals surface area (Å²) in [7, 11) is 2.25. The van der Waals surface area contributed by atoms with Gasteiger partial charge in [-0.25, -0.2) is 0 Å². The van der Waals surface area contributed by atoms with Crippen molar-refractivity contribution in [3.63, 3.8) is 0 Å². The maximum atomic E-state index is 9.64. The van der Waals surface area contributed by atoms with E-state index in [0.717, 1.165) is 12.5 Å². The normalized spacial score (nSPS) is 25.6. The van der Waals surface area contributed by atoms with Crippen LogP contribution in [0.2, 0.25) is 0 Å². The zero-order valence-electron chi connectivity index (χ0n) is 11.5. The summed E-state index contributed by atoms with van der Waals surface area (Å²) in [5.41, 5.74) is 0.240. The monoisotopic (exact) mass is 239 g/mol. The number of hydrogen-bond acceptors (Lipinski definition) is 2. The van der Waals surface area contributed by atoms with Crippen LogP contribution in [0.3, 0.4) is 0 Å². The molecule has 100 valence electrons. The quantitative estimate of drug-likeness (QED) is 0.797. The van der Waals surface area contributed by atoms with Gasteiger partial charge in [0.2, 0.25) is 0 Å². The first-order chi connectivity index (χ1) is 8.24. The molecule has 0 amide bonds. The van der Waals surface area contributed by atoms with Gasteiger partial charge in [-0.05, 0) is 38.6 Å². The molecule has 2 nitrogen and oxygen atoms in total. The zero-order valence-corrected chi connectivity index (χ0v) is 11.5. The Hall–Kier alpha value is -0.0800. The third kappa shape index (κ3) is 3.69. The van der Waals surface area contributed by atoms with Gasteiger partial charge in [-0.1, -0.05) is 32.1 Å². The number of aliphatic hydroxyl groups excluding tert-OH is 1. The summed E-state index contributed by atoms with van der Waals surface area (Å²) in [6.45, 7) is 2.75. The second-order valence-corrected chi connectivity index (χ2v) is 6.57. The van der Waals surface area contributed by atoms with E-state index in [4.69, 9.17) is 0 Å². The van der Waals surface area contributed by atoms with Crippen LogP contribution in [0.15, 0.2) is 0 Å². The van der Waals surface area contributed by atoms with Crippen molar-refractivity contribution < 1.29 is 5.11 Å². The molecule has 2 heteroatoms. The number of aliphatic hydroxyl groups is 1. The van der Waals surface area contributed by atoms with Crippen molar-refractivity contribution in [2.75, 3.05) is 26.7 Å². The first kappa shape index (κ1) is 13.4. The van der Waals surface area contributed by atoms with Crippen molar-refractivity contribution in [1.29, 1.82) is 0 Å². The van der Waals surface area contributed by atoms with Crippen LogP contribution >= 0.6 is 0 Å². The minimum Gasteiger partial charge on any atom is -0.396 e. The lowest BCUT2D eigenvalue weighted by atomic mass is 9.85. The molecular formula is C15H29NO. The van der Waals surface area contributed by atoms with E-state index in [9.17, 15) is 5.11 Å². The maximum absolute atomic E-state index is 9.64. The Kier molecular flexibility index (Phi) is 4.87. The van der Waals surface area contributed by atoms with Gasteiger partial charge < -0.3 is 10.0 Å². The molecule has 0 bridgehead atoms. The molecule has 0 aromatic rings. The molecule has 0 aromatic carbocycles. The highest BCUT2D eigenvalue weighted by atomic mass is 16.3. The fourth-order valence-corrected chi connectivity index (χ4v) is 3.94. The number of nitrogens with zero attached hydrogens (tertiary/aromatic N) is 1. The molecule has 0 atom stereocenters. The van der Waals surface area contributed by atoms with Crippen LogP contribution < -0.4 is 0 Å². The minimum absolute atomic E-state index is 0.240. The molecule has 2 aliphatic carbocycles. The lowest BCUT2D eigenvalue weighted by Gasteiger charge is -2.34. The van der Waals surface area contributed by atoms with E-state index < -0.39 is 0 Å². The summed E-state index contributed by atoms with van der Waals surface area (Å²) < 4.78 is 0. The summed E-state index contributed by atoms with van der Waals surface area (Å²) in [5.74, 6) is 0.922. The molecule has 2 aliphatic rings. The summed E-state index contributed by atoms with van der Waals surface area (Å²) >= 11 is 0. The smallest absolute Gasteiger partial charge is 0.0499 e. The Balaban J connectivity index is 1.77. The van der Waals surface area contributed by atoms with Crippen LogP contribution in [0.25, 0.3) is 0 Å². The van der Waals surface area contributed by atoms with Gasteiger partial charge in [-0.3, -0.25) is 0 Å². The van der Waals surface area contributed by atoms with Crippen LogP contribution in [0.5, 0.6) is 0 Å². The van der Waals surface area contributed by atoms with Crippen molar-refractivity contribution in [2.24, 2.45) is 11.3 Å². The maximum Gasteiger partial charge on any atom is 0.0499 e. The molecule has 0 heterocycles. The summed E-state index contributed by atoms with van der Waals surface area (Å²) in [4.78, 5) is 2.50. The van der Waals surface area contributed by atoms with E-state index in [-0.39, 0.29) is 5.41 Å². The number of hydrogen-bond donors (Lipinski definition) is 1. The van der Waals surface area contributed by atoms with Gasteiger partial charge in [0.05, 0.1) is 0 Å². The lowest BCUT2D eigenvalue weighted by molar-refractivity contribution is 0.0795. The predicted octanol–water partition coefficient (Wildman–Crippen LogP) is 3.05. The summed E-state index contributed by atoms with van der Waals surface area (Å²) in [6, 6.07) is 0. The Morgan fingerprint density at radius 1 is 1.06 bits per heavy atom. The van der Waals surface area contributed by atoms with Crippen LogP contribution in [-0.2, 0) is 0 Å². The average Bonchev–Trinajstić information content (AvgIpc) is 2.79. The van der Waals surface area contributed by atoms with Crippen LogP contribution in [-0.4, -0.2) is 36.8 Å². The minimum atomic E-state index is 0.240. The van der Waals surface area contributed by atoms with Gasteiger partial charge in [-0.2, -0.15) is 0 Å². The predicted molar refractivity (Wildman–Crippen MR) is 72.1 cm³/mol. The first-order valence-electron chi connectivity index (χ1n) is 7.53. The molecule has 0 spiro atoms. The van der Waals surface area contributed by atoms with Gasteiger partial charge in [0.1, 0.15) is 0 Å². The van der Waals surface area contributed by atoms with E-state index in [1.54, 1.807) is 0 Å². The molecule has 0 radical (unpaired) electrons. The standard InChI is InChI=1S/C15H29NO/c1-16(11-14-7-3-2-4-8-14)12-15(13-17)9-5-6-10-15/h14,17H,2-13H2,1H3. The van der Waals surface area contributed by atoms with Gasteiger partial charge in [0.25, 0.3) is 0 Å². The van der Waals surface area contributed by atoms with Crippen molar-refractivity contribution in [2.45, 2.75) is 57.8 Å². The summed E-state index contributed by atoms with van der Waals surface area (Å²) in [5, 5.41) is 9.64. The molecule has 17 heavy (non-hydrogen) atoms. The van der Waals surface area contributed by atoms with Crippen LogP contribution in [0, 0.1) is 11.3 Å². The molecule has 0 aliphatic heterocycles. The third-order valence-corrected chi connectivity index (χ3v) is 4.90. The Morgan fingerprint density at radius 3 is 2.29 bits per heavy atom. The van der Waals surface area contributed by atoms with Gasteiger partial charge in [0.15, 0.2) is 0 Å². The SMILES string of the molecule is CN(CC1CCCCC1)CC1(CO)CCCC1. The molecular weight excluding hydrogens is 210 g/mol. The highest BCUT2D eigenvalue weighted by molar-refractivity contribution is 4.87. The molecule has 2 fully saturated rings. The molecule has 0 aromatic heterocycles. The lowest BCUT2D eigenvalue weighted by Crippen LogP contribution is -2.39. The van der Waals surface area contributed by atoms with Crippen LogP contribution in [0.1, 0.15) is 57.8 Å². The van der Waals surface area contributed by atoms with Crippen molar-refractivity contribution in [3.8, 4) is 0 Å². The zero-order chi connectivity index (χ0) is 12.1. The molecule has 2 rings (SSSR count). The van der Waals surface area contributed by atoms with E-state index in [2.05, 4.69) is 11.9 Å². The summed E-state index contributed by atoms with van der Waals surface area (Å²) in [6.07, 6.45) is 12.3. The van der Waals surface area contributed by atoms with Gasteiger partial charge >= 0.3 is 0 Å². The Labute approximate surface area is 106 Å². The van der Waals surface area contributed by atoms with Gasteiger partial charge in [0, 0.05) is 25.1 Å². The van der Waals surface area contributed by atoms with Crippen LogP contribution in [0.4, 0.5) is 0 Å².